The summed E-state index contributed by atoms with van der Waals surface area (Å²) < 4.78 is 2.00. The second kappa shape index (κ2) is 7.55. The molecule has 1 aliphatic rings. The quantitative estimate of drug-likeness (QED) is 0.579. The molecule has 0 saturated carbocycles. The summed E-state index contributed by atoms with van der Waals surface area (Å²) in [5.41, 5.74) is 3.57. The summed E-state index contributed by atoms with van der Waals surface area (Å²) in [6.45, 7) is 4.94. The largest absolute Gasteiger partial charge is 0.258 e. The van der Waals surface area contributed by atoms with E-state index in [1.165, 1.54) is 17.5 Å². The Morgan fingerprint density at radius 1 is 1.26 bits per heavy atom. The van der Waals surface area contributed by atoms with Crippen LogP contribution in [-0.4, -0.2) is 17.4 Å². The highest BCUT2D eigenvalue weighted by Crippen LogP contribution is 2.21. The fraction of sp³-hybridized carbons (Fsp3) is 0.368. The Morgan fingerprint density at radius 3 is 2.78 bits per heavy atom. The minimum Gasteiger partial charge on any atom is -0.258 e. The van der Waals surface area contributed by atoms with Gasteiger partial charge in [-0.25, -0.2) is 4.68 Å². The molecule has 0 saturated heterocycles. The van der Waals surface area contributed by atoms with Gasteiger partial charge in [-0.15, -0.1) is 11.3 Å². The summed E-state index contributed by atoms with van der Waals surface area (Å²) in [6, 6.07) is 8.60. The maximum Gasteiger partial charge on any atom is 0.206 e. The molecule has 3 rings (SSSR count). The number of thiazole rings is 1. The van der Waals surface area contributed by atoms with E-state index >= 15 is 0 Å². The van der Waals surface area contributed by atoms with E-state index in [2.05, 4.69) is 66.9 Å². The lowest BCUT2D eigenvalue weighted by Gasteiger charge is -2.12. The van der Waals surface area contributed by atoms with E-state index < -0.39 is 0 Å². The number of aromatic nitrogens is 1. The van der Waals surface area contributed by atoms with E-state index in [9.17, 15) is 0 Å². The van der Waals surface area contributed by atoms with Gasteiger partial charge in [0, 0.05) is 23.7 Å². The topological polar surface area (TPSA) is 29.6 Å². The van der Waals surface area contributed by atoms with E-state index in [0.29, 0.717) is 5.92 Å². The Bertz CT molecular complexity index is 763. The molecule has 0 spiro atoms. The number of nitrogens with zero attached hydrogens (tertiary/aromatic N) is 3. The van der Waals surface area contributed by atoms with Gasteiger partial charge in [-0.3, -0.25) is 4.99 Å². The van der Waals surface area contributed by atoms with Crippen LogP contribution in [0.5, 0.6) is 0 Å². The van der Waals surface area contributed by atoms with Gasteiger partial charge in [-0.1, -0.05) is 42.0 Å². The van der Waals surface area contributed by atoms with Crippen molar-refractivity contribution >= 4 is 17.6 Å². The summed E-state index contributed by atoms with van der Waals surface area (Å²) in [4.78, 5) is 5.55. The van der Waals surface area contributed by atoms with Gasteiger partial charge < -0.3 is 0 Å². The average molecular weight is 325 g/mol. The molecule has 1 unspecified atom stereocenters. The molecule has 0 fully saturated rings. The van der Waals surface area contributed by atoms with Crippen LogP contribution in [0.4, 0.5) is 0 Å². The molecule has 1 atom stereocenters. The minimum absolute atomic E-state index is 0.535. The summed E-state index contributed by atoms with van der Waals surface area (Å²) >= 11 is 1.65. The summed E-state index contributed by atoms with van der Waals surface area (Å²) in [5, 5.41) is 6.93. The Kier molecular flexibility index (Phi) is 5.23. The van der Waals surface area contributed by atoms with Crippen LogP contribution >= 0.6 is 11.3 Å². The third-order valence-corrected chi connectivity index (χ3v) is 4.88. The Hall–Kier alpha value is -1.94. The molecule has 4 heteroatoms. The van der Waals surface area contributed by atoms with Crippen molar-refractivity contribution in [2.45, 2.75) is 33.1 Å². The first-order chi connectivity index (χ1) is 11.3. The first-order valence-corrected chi connectivity index (χ1v) is 9.13. The Balaban J connectivity index is 1.97. The SMILES string of the molecule is CCN=c1scc(-c2ccc(C)cc2)n1N=CC1CC=CCC1. The minimum atomic E-state index is 0.535. The summed E-state index contributed by atoms with van der Waals surface area (Å²) in [5.74, 6) is 0.535. The Labute approximate surface area is 141 Å². The first kappa shape index (κ1) is 15.9. The fourth-order valence-electron chi connectivity index (χ4n) is 2.69. The third kappa shape index (κ3) is 3.88. The maximum atomic E-state index is 4.78. The normalized spacial score (nSPS) is 18.9. The molecule has 1 aliphatic carbocycles. The van der Waals surface area contributed by atoms with Crippen LogP contribution in [0.2, 0.25) is 0 Å². The van der Waals surface area contributed by atoms with Crippen LogP contribution in [0.3, 0.4) is 0 Å². The average Bonchev–Trinajstić information content (AvgIpc) is 2.98. The summed E-state index contributed by atoms with van der Waals surface area (Å²) in [6.07, 6.45) is 10.1. The second-order valence-corrected chi connectivity index (χ2v) is 6.70. The van der Waals surface area contributed by atoms with Gasteiger partial charge >= 0.3 is 0 Å². The van der Waals surface area contributed by atoms with Crippen LogP contribution in [0.25, 0.3) is 11.3 Å². The molecule has 23 heavy (non-hydrogen) atoms. The molecular weight excluding hydrogens is 302 g/mol. The van der Waals surface area contributed by atoms with Crippen LogP contribution in [0, 0.1) is 12.8 Å². The lowest BCUT2D eigenvalue weighted by Crippen LogP contribution is -2.14. The van der Waals surface area contributed by atoms with Gasteiger partial charge in [0.25, 0.3) is 0 Å². The highest BCUT2D eigenvalue weighted by atomic mass is 32.1. The van der Waals surface area contributed by atoms with Crippen molar-refractivity contribution < 1.29 is 0 Å². The number of aryl methyl sites for hydroxylation is 1. The molecule has 0 radical (unpaired) electrons. The van der Waals surface area contributed by atoms with E-state index in [0.717, 1.165) is 29.9 Å². The van der Waals surface area contributed by atoms with Crippen molar-refractivity contribution in [1.29, 1.82) is 0 Å². The van der Waals surface area contributed by atoms with Crippen molar-refractivity contribution in [3.05, 3.63) is 52.2 Å². The van der Waals surface area contributed by atoms with E-state index in [-0.39, 0.29) is 0 Å². The summed E-state index contributed by atoms with van der Waals surface area (Å²) in [7, 11) is 0. The monoisotopic (exact) mass is 325 g/mol. The molecule has 0 bridgehead atoms. The van der Waals surface area contributed by atoms with Crippen molar-refractivity contribution in [2.24, 2.45) is 16.0 Å². The molecule has 3 nitrogen and oxygen atoms in total. The molecule has 0 aliphatic heterocycles. The first-order valence-electron chi connectivity index (χ1n) is 8.25. The van der Waals surface area contributed by atoms with Gasteiger partial charge in [0.15, 0.2) is 0 Å². The number of benzene rings is 1. The van der Waals surface area contributed by atoms with Crippen LogP contribution in [-0.2, 0) is 0 Å². The van der Waals surface area contributed by atoms with Crippen LogP contribution in [0.1, 0.15) is 31.7 Å². The van der Waals surface area contributed by atoms with Crippen molar-refractivity contribution in [3.63, 3.8) is 0 Å². The van der Waals surface area contributed by atoms with Gasteiger partial charge in [-0.2, -0.15) is 5.10 Å². The fourth-order valence-corrected chi connectivity index (χ4v) is 3.59. The lowest BCUT2D eigenvalue weighted by atomic mass is 9.96. The molecular formula is C19H23N3S. The zero-order valence-corrected chi connectivity index (χ0v) is 14.6. The molecule has 120 valence electrons. The van der Waals surface area contributed by atoms with Gasteiger partial charge in [0.05, 0.1) is 5.69 Å². The molecule has 1 heterocycles. The molecule has 0 N–H and O–H groups in total. The van der Waals surface area contributed by atoms with E-state index in [1.807, 2.05) is 4.68 Å². The third-order valence-electron chi connectivity index (χ3n) is 4.03. The van der Waals surface area contributed by atoms with Crippen molar-refractivity contribution in [3.8, 4) is 11.3 Å². The predicted molar refractivity (Wildman–Crippen MR) is 99.0 cm³/mol. The zero-order valence-electron chi connectivity index (χ0n) is 13.8. The second-order valence-electron chi connectivity index (χ2n) is 5.86. The standard InChI is InChI=1S/C19H23N3S/c1-3-20-19-22(21-13-16-7-5-4-6-8-16)18(14-23-19)17-11-9-15(2)10-12-17/h4-5,9-14,16H,3,6-8H2,1-2H3. The van der Waals surface area contributed by atoms with Gasteiger partial charge in [0.2, 0.25) is 4.80 Å². The highest BCUT2D eigenvalue weighted by molar-refractivity contribution is 7.07. The van der Waals surface area contributed by atoms with Crippen molar-refractivity contribution in [2.75, 3.05) is 6.54 Å². The zero-order chi connectivity index (χ0) is 16.1. The number of allylic oxidation sites excluding steroid dienone is 2. The molecule has 2 aromatic rings. The predicted octanol–water partition coefficient (Wildman–Crippen LogP) is 4.64. The molecule has 1 aromatic carbocycles. The van der Waals surface area contributed by atoms with Gasteiger partial charge in [0.1, 0.15) is 0 Å². The number of hydrogen-bond donors (Lipinski definition) is 0. The van der Waals surface area contributed by atoms with Crippen molar-refractivity contribution in [1.82, 2.24) is 4.68 Å². The van der Waals surface area contributed by atoms with Gasteiger partial charge in [-0.05, 0) is 39.0 Å². The Morgan fingerprint density at radius 2 is 2.09 bits per heavy atom. The van der Waals surface area contributed by atoms with Crippen LogP contribution < -0.4 is 4.80 Å². The highest BCUT2D eigenvalue weighted by Gasteiger charge is 2.10. The smallest absolute Gasteiger partial charge is 0.206 e. The molecule has 0 amide bonds. The van der Waals surface area contributed by atoms with E-state index in [1.54, 1.807) is 11.3 Å². The maximum absolute atomic E-state index is 4.78. The molecule has 1 aromatic heterocycles. The van der Waals surface area contributed by atoms with E-state index in [4.69, 9.17) is 5.10 Å². The number of rotatable bonds is 4. The van der Waals surface area contributed by atoms with Crippen LogP contribution in [0.15, 0.2) is 51.9 Å². The number of hydrogen-bond acceptors (Lipinski definition) is 3. The lowest BCUT2D eigenvalue weighted by molar-refractivity contribution is 0.621.